The molecule has 1 aromatic rings. The van der Waals surface area contributed by atoms with Gasteiger partial charge in [0, 0.05) is 31.4 Å². The molecule has 5 heteroatoms. The van der Waals surface area contributed by atoms with Gasteiger partial charge in [-0.1, -0.05) is 13.8 Å². The van der Waals surface area contributed by atoms with Gasteiger partial charge >= 0.3 is 0 Å². The lowest BCUT2D eigenvalue weighted by atomic mass is 10.1. The lowest BCUT2D eigenvalue weighted by Gasteiger charge is -2.13. The zero-order chi connectivity index (χ0) is 12.8. The highest BCUT2D eigenvalue weighted by atomic mass is 16.3. The van der Waals surface area contributed by atoms with Gasteiger partial charge in [-0.3, -0.25) is 9.48 Å². The molecule has 1 amide bonds. The third-order valence-corrected chi connectivity index (χ3v) is 2.41. The second-order valence-corrected chi connectivity index (χ2v) is 4.34. The highest BCUT2D eigenvalue weighted by Gasteiger charge is 2.09. The number of hydrogen-bond donors (Lipinski definition) is 2. The zero-order valence-corrected chi connectivity index (χ0v) is 10.4. The van der Waals surface area contributed by atoms with Crippen LogP contribution in [0.2, 0.25) is 0 Å². The molecule has 0 aromatic carbocycles. The molecular weight excluding hydrogens is 218 g/mol. The van der Waals surface area contributed by atoms with Crippen molar-refractivity contribution in [3.8, 4) is 0 Å². The highest BCUT2D eigenvalue weighted by molar-refractivity contribution is 5.91. The Hall–Kier alpha value is -1.62. The normalized spacial score (nSPS) is 13.2. The van der Waals surface area contributed by atoms with Gasteiger partial charge < -0.3 is 10.4 Å². The second kappa shape index (κ2) is 6.20. The Morgan fingerprint density at radius 1 is 1.65 bits per heavy atom. The number of aromatic nitrogens is 2. The predicted molar refractivity (Wildman–Crippen MR) is 66.1 cm³/mol. The minimum Gasteiger partial charge on any atom is -0.391 e. The van der Waals surface area contributed by atoms with Gasteiger partial charge in [0.05, 0.1) is 12.3 Å². The summed E-state index contributed by atoms with van der Waals surface area (Å²) >= 11 is 0. The van der Waals surface area contributed by atoms with Gasteiger partial charge in [-0.2, -0.15) is 5.10 Å². The van der Waals surface area contributed by atoms with Crippen molar-refractivity contribution in [3.05, 3.63) is 24.0 Å². The third kappa shape index (κ3) is 4.82. The van der Waals surface area contributed by atoms with Crippen LogP contribution in [-0.2, 0) is 11.8 Å². The summed E-state index contributed by atoms with van der Waals surface area (Å²) in [5.74, 6) is -0.0776. The smallest absolute Gasteiger partial charge is 0.244 e. The maximum absolute atomic E-state index is 11.4. The van der Waals surface area contributed by atoms with Gasteiger partial charge in [-0.15, -0.1) is 0 Å². The van der Waals surface area contributed by atoms with Gasteiger partial charge in [-0.25, -0.2) is 0 Å². The number of nitrogens with one attached hydrogen (secondary N) is 1. The summed E-state index contributed by atoms with van der Waals surface area (Å²) in [7, 11) is 1.82. The van der Waals surface area contributed by atoms with E-state index in [9.17, 15) is 9.90 Å². The molecule has 17 heavy (non-hydrogen) atoms. The van der Waals surface area contributed by atoms with Crippen molar-refractivity contribution >= 4 is 12.0 Å². The lowest BCUT2D eigenvalue weighted by molar-refractivity contribution is -0.117. The largest absolute Gasteiger partial charge is 0.391 e. The molecule has 2 N–H and O–H groups in total. The molecule has 0 fully saturated rings. The maximum atomic E-state index is 11.4. The summed E-state index contributed by atoms with van der Waals surface area (Å²) in [5, 5.41) is 16.1. The Morgan fingerprint density at radius 2 is 2.35 bits per heavy atom. The molecule has 0 aliphatic rings. The Kier molecular flexibility index (Phi) is 4.90. The van der Waals surface area contributed by atoms with Crippen molar-refractivity contribution in [2.45, 2.75) is 20.0 Å². The van der Waals surface area contributed by atoms with E-state index in [-0.39, 0.29) is 18.4 Å². The Labute approximate surface area is 101 Å². The summed E-state index contributed by atoms with van der Waals surface area (Å²) in [6, 6.07) is 0. The van der Waals surface area contributed by atoms with Gasteiger partial charge in [0.15, 0.2) is 0 Å². The molecule has 1 rings (SSSR count). The van der Waals surface area contributed by atoms with Crippen LogP contribution in [-0.4, -0.2) is 33.4 Å². The molecule has 1 atom stereocenters. The van der Waals surface area contributed by atoms with Crippen LogP contribution in [0.25, 0.3) is 6.08 Å². The summed E-state index contributed by atoms with van der Waals surface area (Å²) in [6.07, 6.45) is 6.10. The summed E-state index contributed by atoms with van der Waals surface area (Å²) in [5.41, 5.74) is 0.868. The number of carbonyl (C=O) groups excluding carboxylic acids is 1. The van der Waals surface area contributed by atoms with Crippen LogP contribution in [0.3, 0.4) is 0 Å². The number of aryl methyl sites for hydroxylation is 1. The number of amides is 1. The van der Waals surface area contributed by atoms with E-state index in [4.69, 9.17) is 0 Å². The van der Waals surface area contributed by atoms with E-state index < -0.39 is 6.10 Å². The molecule has 5 nitrogen and oxygen atoms in total. The van der Waals surface area contributed by atoms with E-state index in [2.05, 4.69) is 10.4 Å². The van der Waals surface area contributed by atoms with Crippen molar-refractivity contribution in [1.29, 1.82) is 0 Å². The topological polar surface area (TPSA) is 67.2 Å². The Bertz CT molecular complexity index is 396. The summed E-state index contributed by atoms with van der Waals surface area (Å²) < 4.78 is 1.67. The molecule has 1 heterocycles. The third-order valence-electron chi connectivity index (χ3n) is 2.41. The Balaban J connectivity index is 2.37. The van der Waals surface area contributed by atoms with Crippen LogP contribution < -0.4 is 5.32 Å². The van der Waals surface area contributed by atoms with E-state index in [1.807, 2.05) is 27.1 Å². The van der Waals surface area contributed by atoms with Crippen molar-refractivity contribution in [2.75, 3.05) is 6.54 Å². The lowest BCUT2D eigenvalue weighted by Crippen LogP contribution is -2.33. The molecule has 0 spiro atoms. The number of hydrogen-bond acceptors (Lipinski definition) is 3. The zero-order valence-electron chi connectivity index (χ0n) is 10.4. The number of aliphatic hydroxyl groups is 1. The number of aliphatic hydroxyl groups excluding tert-OH is 1. The first-order valence-electron chi connectivity index (χ1n) is 5.61. The second-order valence-electron chi connectivity index (χ2n) is 4.34. The van der Waals surface area contributed by atoms with Crippen molar-refractivity contribution < 1.29 is 9.90 Å². The summed E-state index contributed by atoms with van der Waals surface area (Å²) in [4.78, 5) is 11.4. The highest BCUT2D eigenvalue weighted by Crippen LogP contribution is 2.00. The van der Waals surface area contributed by atoms with E-state index in [0.717, 1.165) is 5.56 Å². The van der Waals surface area contributed by atoms with Crippen LogP contribution in [0, 0.1) is 5.92 Å². The average molecular weight is 237 g/mol. The molecule has 0 saturated heterocycles. The molecule has 0 aliphatic carbocycles. The fourth-order valence-electron chi connectivity index (χ4n) is 1.20. The van der Waals surface area contributed by atoms with E-state index >= 15 is 0 Å². The van der Waals surface area contributed by atoms with Crippen molar-refractivity contribution in [1.82, 2.24) is 15.1 Å². The molecule has 1 unspecified atom stereocenters. The molecule has 94 valence electrons. The first-order chi connectivity index (χ1) is 7.99. The van der Waals surface area contributed by atoms with E-state index in [1.165, 1.54) is 6.08 Å². The van der Waals surface area contributed by atoms with Gasteiger partial charge in [0.1, 0.15) is 0 Å². The first-order valence-corrected chi connectivity index (χ1v) is 5.61. The van der Waals surface area contributed by atoms with Crippen LogP contribution in [0.1, 0.15) is 19.4 Å². The summed E-state index contributed by atoms with van der Waals surface area (Å²) in [6.45, 7) is 4.08. The molecule has 0 aliphatic heterocycles. The van der Waals surface area contributed by atoms with Crippen LogP contribution in [0.5, 0.6) is 0 Å². The van der Waals surface area contributed by atoms with E-state index in [1.54, 1.807) is 17.0 Å². The Morgan fingerprint density at radius 3 is 2.88 bits per heavy atom. The monoisotopic (exact) mass is 237 g/mol. The standard InChI is InChI=1S/C12H19N3O2/c1-9(2)11(16)7-13-12(17)5-4-10-6-14-15(3)8-10/h4-6,8-9,11,16H,7H2,1-3H3,(H,13,17)/b5-4+. The van der Waals surface area contributed by atoms with E-state index in [0.29, 0.717) is 0 Å². The predicted octanol–water partition coefficient (Wildman–Crippen LogP) is 0.566. The van der Waals surface area contributed by atoms with Crippen LogP contribution >= 0.6 is 0 Å². The number of rotatable bonds is 5. The van der Waals surface area contributed by atoms with Crippen LogP contribution in [0.4, 0.5) is 0 Å². The minimum absolute atomic E-state index is 0.137. The van der Waals surface area contributed by atoms with Crippen LogP contribution in [0.15, 0.2) is 18.5 Å². The van der Waals surface area contributed by atoms with Gasteiger partial charge in [0.25, 0.3) is 0 Å². The van der Waals surface area contributed by atoms with Crippen molar-refractivity contribution in [2.24, 2.45) is 13.0 Å². The molecule has 0 bridgehead atoms. The average Bonchev–Trinajstić information content (AvgIpc) is 2.69. The SMILES string of the molecule is CC(C)C(O)CNC(=O)/C=C/c1cnn(C)c1. The minimum atomic E-state index is -0.509. The quantitative estimate of drug-likeness (QED) is 0.736. The first kappa shape index (κ1) is 13.4. The number of carbonyl (C=O) groups is 1. The van der Waals surface area contributed by atoms with Gasteiger partial charge in [-0.05, 0) is 12.0 Å². The molecule has 0 radical (unpaired) electrons. The van der Waals surface area contributed by atoms with Gasteiger partial charge in [0.2, 0.25) is 5.91 Å². The maximum Gasteiger partial charge on any atom is 0.244 e. The fourth-order valence-corrected chi connectivity index (χ4v) is 1.20. The molecular formula is C12H19N3O2. The number of nitrogens with zero attached hydrogens (tertiary/aromatic N) is 2. The fraction of sp³-hybridized carbons (Fsp3) is 0.500. The molecule has 1 aromatic heterocycles. The van der Waals surface area contributed by atoms with Crippen molar-refractivity contribution in [3.63, 3.8) is 0 Å². The molecule has 0 saturated carbocycles.